The number of non-ortho nitro benzene ring substituents is 1. The lowest BCUT2D eigenvalue weighted by atomic mass is 10.2. The van der Waals surface area contributed by atoms with Crippen molar-refractivity contribution in [2.75, 3.05) is 0 Å². The smallest absolute Gasteiger partial charge is 0.270 e. The summed E-state index contributed by atoms with van der Waals surface area (Å²) in [5.74, 6) is 0.685. The molecule has 0 saturated carbocycles. The molecule has 82 valence electrons. The molecule has 0 atom stereocenters. The zero-order valence-electron chi connectivity index (χ0n) is 7.96. The fourth-order valence-electron chi connectivity index (χ4n) is 1.18. The lowest BCUT2D eigenvalue weighted by molar-refractivity contribution is -0.384. The Morgan fingerprint density at radius 3 is 2.94 bits per heavy atom. The van der Waals surface area contributed by atoms with Gasteiger partial charge in [0.25, 0.3) is 5.69 Å². The normalized spacial score (nSPS) is 10.3. The highest BCUT2D eigenvalue weighted by Gasteiger charge is 2.11. The van der Waals surface area contributed by atoms with Crippen LogP contribution in [0.3, 0.4) is 0 Å². The van der Waals surface area contributed by atoms with Crippen LogP contribution in [0.4, 0.5) is 5.69 Å². The van der Waals surface area contributed by atoms with Crippen molar-refractivity contribution in [2.24, 2.45) is 0 Å². The number of hydrogen-bond donors (Lipinski definition) is 0. The molecule has 16 heavy (non-hydrogen) atoms. The van der Waals surface area contributed by atoms with Crippen molar-refractivity contribution in [1.29, 1.82) is 0 Å². The highest BCUT2D eigenvalue weighted by atomic mass is 35.5. The van der Waals surface area contributed by atoms with Crippen LogP contribution in [0, 0.1) is 10.1 Å². The SMILES string of the molecule is O=[N+]([O-])c1cccc(-c2noc(CCl)n2)c1. The van der Waals surface area contributed by atoms with Gasteiger partial charge in [0.15, 0.2) is 0 Å². The van der Waals surface area contributed by atoms with E-state index in [1.54, 1.807) is 12.1 Å². The van der Waals surface area contributed by atoms with Crippen molar-refractivity contribution >= 4 is 17.3 Å². The van der Waals surface area contributed by atoms with Gasteiger partial charge < -0.3 is 4.52 Å². The van der Waals surface area contributed by atoms with Gasteiger partial charge in [0.1, 0.15) is 5.88 Å². The quantitative estimate of drug-likeness (QED) is 0.467. The first-order valence-corrected chi connectivity index (χ1v) is 4.87. The van der Waals surface area contributed by atoms with Crippen LogP contribution < -0.4 is 0 Å². The predicted octanol–water partition coefficient (Wildman–Crippen LogP) is 2.38. The Kier molecular flexibility index (Phi) is 2.82. The van der Waals surface area contributed by atoms with Crippen LogP contribution in [-0.4, -0.2) is 15.1 Å². The van der Waals surface area contributed by atoms with Gasteiger partial charge in [0.2, 0.25) is 11.7 Å². The molecule has 0 saturated heterocycles. The zero-order valence-corrected chi connectivity index (χ0v) is 8.72. The van der Waals surface area contributed by atoms with Crippen molar-refractivity contribution in [2.45, 2.75) is 5.88 Å². The van der Waals surface area contributed by atoms with Crippen molar-refractivity contribution < 1.29 is 9.45 Å². The van der Waals surface area contributed by atoms with Gasteiger partial charge in [-0.05, 0) is 0 Å². The molecule has 0 unspecified atom stereocenters. The van der Waals surface area contributed by atoms with E-state index in [4.69, 9.17) is 16.1 Å². The molecular formula is C9H6ClN3O3. The molecule has 0 aliphatic carbocycles. The lowest BCUT2D eigenvalue weighted by Crippen LogP contribution is -1.88. The molecular weight excluding hydrogens is 234 g/mol. The fourth-order valence-corrected chi connectivity index (χ4v) is 1.29. The number of nitro benzene ring substituents is 1. The highest BCUT2D eigenvalue weighted by Crippen LogP contribution is 2.21. The molecule has 0 aliphatic rings. The Balaban J connectivity index is 2.40. The van der Waals surface area contributed by atoms with Gasteiger partial charge in [-0.15, -0.1) is 11.6 Å². The molecule has 7 heteroatoms. The lowest BCUT2D eigenvalue weighted by Gasteiger charge is -1.93. The summed E-state index contributed by atoms with van der Waals surface area (Å²) in [7, 11) is 0. The molecule has 2 rings (SSSR count). The molecule has 1 aromatic heterocycles. The van der Waals surface area contributed by atoms with E-state index in [-0.39, 0.29) is 17.5 Å². The molecule has 0 N–H and O–H groups in total. The Bertz CT molecular complexity index is 526. The van der Waals surface area contributed by atoms with Crippen LogP contribution >= 0.6 is 11.6 Å². The monoisotopic (exact) mass is 239 g/mol. The number of alkyl halides is 1. The summed E-state index contributed by atoms with van der Waals surface area (Å²) < 4.78 is 4.81. The zero-order chi connectivity index (χ0) is 11.5. The minimum Gasteiger partial charge on any atom is -0.338 e. The Morgan fingerprint density at radius 1 is 1.50 bits per heavy atom. The minimum atomic E-state index is -0.480. The minimum absolute atomic E-state index is 0.0188. The largest absolute Gasteiger partial charge is 0.338 e. The van der Waals surface area contributed by atoms with E-state index in [1.165, 1.54) is 12.1 Å². The van der Waals surface area contributed by atoms with Gasteiger partial charge in [0.05, 0.1) is 4.92 Å². The van der Waals surface area contributed by atoms with Crippen molar-refractivity contribution in [3.05, 3.63) is 40.3 Å². The molecule has 0 bridgehead atoms. The number of aromatic nitrogens is 2. The molecule has 2 aromatic rings. The second kappa shape index (κ2) is 4.28. The van der Waals surface area contributed by atoms with Crippen LogP contribution in [0.15, 0.2) is 28.8 Å². The number of halogens is 1. The second-order valence-corrected chi connectivity index (χ2v) is 3.22. The third kappa shape index (κ3) is 2.01. The van der Waals surface area contributed by atoms with E-state index in [0.717, 1.165) is 0 Å². The highest BCUT2D eigenvalue weighted by molar-refractivity contribution is 6.16. The van der Waals surface area contributed by atoms with E-state index in [2.05, 4.69) is 10.1 Å². The maximum atomic E-state index is 10.6. The predicted molar refractivity (Wildman–Crippen MR) is 55.9 cm³/mol. The Hall–Kier alpha value is -1.95. The first kappa shape index (κ1) is 10.6. The Labute approximate surface area is 95.0 Å². The number of nitro groups is 1. The van der Waals surface area contributed by atoms with Gasteiger partial charge in [-0.1, -0.05) is 17.3 Å². The first-order chi connectivity index (χ1) is 7.70. The van der Waals surface area contributed by atoms with Crippen LogP contribution in [0.25, 0.3) is 11.4 Å². The second-order valence-electron chi connectivity index (χ2n) is 2.95. The van der Waals surface area contributed by atoms with Crippen molar-refractivity contribution in [3.8, 4) is 11.4 Å². The maximum Gasteiger partial charge on any atom is 0.270 e. The third-order valence-electron chi connectivity index (χ3n) is 1.90. The molecule has 0 aliphatic heterocycles. The van der Waals surface area contributed by atoms with Crippen molar-refractivity contribution in [1.82, 2.24) is 10.1 Å². The van der Waals surface area contributed by atoms with Gasteiger partial charge in [-0.3, -0.25) is 10.1 Å². The Morgan fingerprint density at radius 2 is 2.31 bits per heavy atom. The standard InChI is InChI=1S/C9H6ClN3O3/c10-5-8-11-9(12-16-8)6-2-1-3-7(4-6)13(14)15/h1-4H,5H2. The molecule has 0 spiro atoms. The molecule has 0 radical (unpaired) electrons. The molecule has 1 aromatic carbocycles. The fraction of sp³-hybridized carbons (Fsp3) is 0.111. The summed E-state index contributed by atoms with van der Waals surface area (Å²) in [6.45, 7) is 0. The molecule has 1 heterocycles. The summed E-state index contributed by atoms with van der Waals surface area (Å²) in [6, 6.07) is 6.00. The number of hydrogen-bond acceptors (Lipinski definition) is 5. The average Bonchev–Trinajstić information content (AvgIpc) is 2.77. The van der Waals surface area contributed by atoms with Crippen molar-refractivity contribution in [3.63, 3.8) is 0 Å². The molecule has 0 amide bonds. The van der Waals surface area contributed by atoms with E-state index in [1.807, 2.05) is 0 Å². The third-order valence-corrected chi connectivity index (χ3v) is 2.13. The summed E-state index contributed by atoms with van der Waals surface area (Å²) in [6.07, 6.45) is 0. The van der Waals surface area contributed by atoms with Crippen LogP contribution in [-0.2, 0) is 5.88 Å². The number of nitrogens with zero attached hydrogens (tertiary/aromatic N) is 3. The van der Waals surface area contributed by atoms with Gasteiger partial charge >= 0.3 is 0 Å². The molecule has 0 fully saturated rings. The van der Waals surface area contributed by atoms with Crippen LogP contribution in [0.1, 0.15) is 5.89 Å². The summed E-state index contributed by atoms with van der Waals surface area (Å²) in [5, 5.41) is 14.2. The maximum absolute atomic E-state index is 10.6. The van der Waals surface area contributed by atoms with Gasteiger partial charge in [-0.2, -0.15) is 4.98 Å². The molecule has 6 nitrogen and oxygen atoms in total. The van der Waals surface area contributed by atoms with Crippen LogP contribution in [0.5, 0.6) is 0 Å². The van der Waals surface area contributed by atoms with Gasteiger partial charge in [-0.25, -0.2) is 0 Å². The van der Waals surface area contributed by atoms with Crippen LogP contribution in [0.2, 0.25) is 0 Å². The van der Waals surface area contributed by atoms with E-state index in [0.29, 0.717) is 11.4 Å². The number of rotatable bonds is 3. The van der Waals surface area contributed by atoms with E-state index < -0.39 is 4.92 Å². The van der Waals surface area contributed by atoms with E-state index in [9.17, 15) is 10.1 Å². The number of benzene rings is 1. The van der Waals surface area contributed by atoms with Gasteiger partial charge in [0, 0.05) is 17.7 Å². The van der Waals surface area contributed by atoms with E-state index >= 15 is 0 Å². The summed E-state index contributed by atoms with van der Waals surface area (Å²) >= 11 is 5.50. The topological polar surface area (TPSA) is 82.1 Å². The average molecular weight is 240 g/mol. The first-order valence-electron chi connectivity index (χ1n) is 4.34. The summed E-state index contributed by atoms with van der Waals surface area (Å²) in [4.78, 5) is 14.1. The summed E-state index contributed by atoms with van der Waals surface area (Å²) in [5.41, 5.74) is 0.504.